The summed E-state index contributed by atoms with van der Waals surface area (Å²) in [6.07, 6.45) is 11.3. The smallest absolute Gasteiger partial charge is 0.0300 e. The summed E-state index contributed by atoms with van der Waals surface area (Å²) in [6.45, 7) is 4.94. The fraction of sp³-hybridized carbons (Fsp3) is 0.636. The van der Waals surface area contributed by atoms with Crippen LogP contribution >= 0.6 is 0 Å². The molecule has 0 saturated heterocycles. The summed E-state index contributed by atoms with van der Waals surface area (Å²) in [5.41, 5.74) is 1.75. The highest BCUT2D eigenvalue weighted by Gasteiger charge is 2.33. The Kier molecular flexibility index (Phi) is 1.95. The number of hydrogen-bond donors (Lipinski definition) is 1. The minimum absolute atomic E-state index is 0.502. The molecule has 0 unspecified atom stereocenters. The van der Waals surface area contributed by atoms with E-state index in [9.17, 15) is 0 Å². The topological polar surface area (TPSA) is 12.0 Å². The highest BCUT2D eigenvalue weighted by Crippen LogP contribution is 2.40. The first-order chi connectivity index (χ1) is 5.85. The minimum Gasteiger partial charge on any atom is -0.384 e. The molecule has 0 amide bonds. The molecule has 66 valence electrons. The van der Waals surface area contributed by atoms with Crippen LogP contribution in [0.3, 0.4) is 0 Å². The maximum atomic E-state index is 3.79. The van der Waals surface area contributed by atoms with Gasteiger partial charge in [0.2, 0.25) is 0 Å². The third-order valence-electron chi connectivity index (χ3n) is 3.18. The monoisotopic (exact) mass is 163 g/mol. The first kappa shape index (κ1) is 7.90. The molecular weight excluding hydrogens is 146 g/mol. The average Bonchev–Trinajstić information content (AvgIpc) is 2.50. The summed E-state index contributed by atoms with van der Waals surface area (Å²) >= 11 is 0. The van der Waals surface area contributed by atoms with E-state index in [4.69, 9.17) is 0 Å². The van der Waals surface area contributed by atoms with Crippen molar-refractivity contribution in [3.05, 3.63) is 24.4 Å². The second kappa shape index (κ2) is 2.96. The SMILES string of the molecule is C=CC1=CC2(CCCCC2)CN1. The van der Waals surface area contributed by atoms with Crippen molar-refractivity contribution in [1.82, 2.24) is 5.32 Å². The van der Waals surface area contributed by atoms with E-state index in [0.29, 0.717) is 5.41 Å². The number of rotatable bonds is 1. The summed E-state index contributed by atoms with van der Waals surface area (Å²) in [5.74, 6) is 0. The Morgan fingerprint density at radius 1 is 1.33 bits per heavy atom. The van der Waals surface area contributed by atoms with Crippen LogP contribution in [0.2, 0.25) is 0 Å². The van der Waals surface area contributed by atoms with Crippen LogP contribution in [0.1, 0.15) is 32.1 Å². The third-order valence-corrected chi connectivity index (χ3v) is 3.18. The van der Waals surface area contributed by atoms with E-state index in [2.05, 4.69) is 18.0 Å². The molecule has 1 nitrogen and oxygen atoms in total. The van der Waals surface area contributed by atoms with Gasteiger partial charge in [0.15, 0.2) is 0 Å². The quantitative estimate of drug-likeness (QED) is 0.626. The molecule has 1 heteroatoms. The molecule has 0 aromatic rings. The van der Waals surface area contributed by atoms with Crippen LogP contribution in [0.5, 0.6) is 0 Å². The second-order valence-corrected chi connectivity index (χ2v) is 4.08. The van der Waals surface area contributed by atoms with Crippen molar-refractivity contribution in [3.8, 4) is 0 Å². The third kappa shape index (κ3) is 1.28. The Bertz CT molecular complexity index is 209. The maximum absolute atomic E-state index is 3.79. The maximum Gasteiger partial charge on any atom is 0.0300 e. The van der Waals surface area contributed by atoms with Crippen LogP contribution < -0.4 is 5.32 Å². The largest absolute Gasteiger partial charge is 0.384 e. The molecule has 1 spiro atoms. The molecule has 0 aromatic carbocycles. The van der Waals surface area contributed by atoms with Gasteiger partial charge in [-0.3, -0.25) is 0 Å². The lowest BCUT2D eigenvalue weighted by Gasteiger charge is -2.30. The summed E-state index contributed by atoms with van der Waals surface area (Å²) < 4.78 is 0. The highest BCUT2D eigenvalue weighted by molar-refractivity contribution is 5.24. The van der Waals surface area contributed by atoms with E-state index >= 15 is 0 Å². The first-order valence-electron chi connectivity index (χ1n) is 4.94. The zero-order valence-corrected chi connectivity index (χ0v) is 7.60. The summed E-state index contributed by atoms with van der Waals surface area (Å²) in [5, 5.41) is 3.41. The molecule has 0 atom stereocenters. The Hall–Kier alpha value is -0.720. The van der Waals surface area contributed by atoms with Gasteiger partial charge in [0.1, 0.15) is 0 Å². The molecule has 1 fully saturated rings. The molecule has 0 radical (unpaired) electrons. The zero-order valence-electron chi connectivity index (χ0n) is 7.60. The summed E-state index contributed by atoms with van der Waals surface area (Å²) in [4.78, 5) is 0. The van der Waals surface area contributed by atoms with Gasteiger partial charge in [-0.15, -0.1) is 0 Å². The molecule has 1 heterocycles. The van der Waals surface area contributed by atoms with Crippen LogP contribution in [0, 0.1) is 5.41 Å². The van der Waals surface area contributed by atoms with Crippen molar-refractivity contribution in [2.45, 2.75) is 32.1 Å². The lowest BCUT2D eigenvalue weighted by Crippen LogP contribution is -2.27. The normalized spacial score (nSPS) is 26.5. The molecule has 1 aliphatic carbocycles. The Morgan fingerprint density at radius 3 is 2.67 bits per heavy atom. The fourth-order valence-corrected chi connectivity index (χ4v) is 2.42. The van der Waals surface area contributed by atoms with E-state index in [0.717, 1.165) is 6.54 Å². The standard InChI is InChI=1S/C11H17N/c1-2-10-8-11(9-12-10)6-4-3-5-7-11/h2,8,12H,1,3-7,9H2. The molecule has 2 rings (SSSR count). The molecular formula is C11H17N. The van der Waals surface area contributed by atoms with Crippen molar-refractivity contribution in [1.29, 1.82) is 0 Å². The zero-order chi connectivity index (χ0) is 8.44. The van der Waals surface area contributed by atoms with Crippen molar-refractivity contribution >= 4 is 0 Å². The van der Waals surface area contributed by atoms with Gasteiger partial charge in [0.05, 0.1) is 0 Å². The fourth-order valence-electron chi connectivity index (χ4n) is 2.42. The average molecular weight is 163 g/mol. The second-order valence-electron chi connectivity index (χ2n) is 4.08. The molecule has 0 bridgehead atoms. The van der Waals surface area contributed by atoms with E-state index in [1.54, 1.807) is 0 Å². The van der Waals surface area contributed by atoms with Gasteiger partial charge >= 0.3 is 0 Å². The van der Waals surface area contributed by atoms with Crippen molar-refractivity contribution in [2.24, 2.45) is 5.41 Å². The van der Waals surface area contributed by atoms with E-state index in [1.807, 2.05) is 6.08 Å². The lowest BCUT2D eigenvalue weighted by molar-refractivity contribution is 0.270. The summed E-state index contributed by atoms with van der Waals surface area (Å²) in [7, 11) is 0. The summed E-state index contributed by atoms with van der Waals surface area (Å²) in [6, 6.07) is 0. The van der Waals surface area contributed by atoms with Gasteiger partial charge in [-0.05, 0) is 18.9 Å². The Morgan fingerprint density at radius 2 is 2.08 bits per heavy atom. The van der Waals surface area contributed by atoms with Gasteiger partial charge in [-0.2, -0.15) is 0 Å². The van der Waals surface area contributed by atoms with Crippen molar-refractivity contribution in [2.75, 3.05) is 6.54 Å². The van der Waals surface area contributed by atoms with Gasteiger partial charge in [-0.1, -0.05) is 31.9 Å². The van der Waals surface area contributed by atoms with Crippen LogP contribution in [0.4, 0.5) is 0 Å². The van der Waals surface area contributed by atoms with E-state index < -0.39 is 0 Å². The predicted octanol–water partition coefficient (Wildman–Crippen LogP) is 2.61. The van der Waals surface area contributed by atoms with Gasteiger partial charge in [0.25, 0.3) is 0 Å². The molecule has 2 aliphatic rings. The van der Waals surface area contributed by atoms with Crippen molar-refractivity contribution in [3.63, 3.8) is 0 Å². The predicted molar refractivity (Wildman–Crippen MR) is 51.8 cm³/mol. The van der Waals surface area contributed by atoms with Gasteiger partial charge in [0, 0.05) is 17.7 Å². The van der Waals surface area contributed by atoms with Crippen LogP contribution in [0.15, 0.2) is 24.4 Å². The molecule has 0 aromatic heterocycles. The molecule has 1 N–H and O–H groups in total. The number of hydrogen-bond acceptors (Lipinski definition) is 1. The van der Waals surface area contributed by atoms with Crippen LogP contribution in [-0.4, -0.2) is 6.54 Å². The Labute approximate surface area is 74.5 Å². The lowest BCUT2D eigenvalue weighted by atomic mass is 9.75. The van der Waals surface area contributed by atoms with Crippen molar-refractivity contribution < 1.29 is 0 Å². The highest BCUT2D eigenvalue weighted by atomic mass is 14.9. The first-order valence-corrected chi connectivity index (χ1v) is 4.94. The number of nitrogens with one attached hydrogen (secondary N) is 1. The van der Waals surface area contributed by atoms with E-state index in [-0.39, 0.29) is 0 Å². The van der Waals surface area contributed by atoms with E-state index in [1.165, 1.54) is 37.8 Å². The van der Waals surface area contributed by atoms with Gasteiger partial charge < -0.3 is 5.32 Å². The number of allylic oxidation sites excluding steroid dienone is 1. The molecule has 12 heavy (non-hydrogen) atoms. The molecule has 1 aliphatic heterocycles. The Balaban J connectivity index is 2.11. The van der Waals surface area contributed by atoms with Crippen LogP contribution in [0.25, 0.3) is 0 Å². The minimum atomic E-state index is 0.502. The van der Waals surface area contributed by atoms with Gasteiger partial charge in [-0.25, -0.2) is 0 Å². The van der Waals surface area contributed by atoms with Crippen LogP contribution in [-0.2, 0) is 0 Å². The molecule has 1 saturated carbocycles.